The number of halogens is 1. The van der Waals surface area contributed by atoms with Gasteiger partial charge >= 0.3 is 0 Å². The molecule has 0 radical (unpaired) electrons. The van der Waals surface area contributed by atoms with Crippen LogP contribution in [0.1, 0.15) is 30.6 Å². The van der Waals surface area contributed by atoms with E-state index in [0.29, 0.717) is 29.4 Å². The Kier molecular flexibility index (Phi) is 5.84. The van der Waals surface area contributed by atoms with Gasteiger partial charge in [0.25, 0.3) is 0 Å². The Labute approximate surface area is 135 Å². The second-order valence-electron chi connectivity index (χ2n) is 4.90. The number of carbonyl (C=O) groups excluding carboxylic acids is 1. The smallest absolute Gasteiger partial charge is 0.184 e. The lowest BCUT2D eigenvalue weighted by molar-refractivity contribution is 0.0987. The van der Waals surface area contributed by atoms with E-state index in [4.69, 9.17) is 21.1 Å². The van der Waals surface area contributed by atoms with Gasteiger partial charge in [-0.05, 0) is 43.7 Å². The molecule has 0 amide bonds. The number of ketones is 1. The first-order chi connectivity index (χ1) is 10.6. The minimum atomic E-state index is -0.615. The Balaban J connectivity index is 2.29. The molecule has 4 heteroatoms. The van der Waals surface area contributed by atoms with Crippen LogP contribution in [0.2, 0.25) is 0 Å². The summed E-state index contributed by atoms with van der Waals surface area (Å²) in [7, 11) is 0. The van der Waals surface area contributed by atoms with Gasteiger partial charge in [0.1, 0.15) is 17.2 Å². The maximum Gasteiger partial charge on any atom is 0.184 e. The maximum atomic E-state index is 12.3. The highest BCUT2D eigenvalue weighted by atomic mass is 35.5. The van der Waals surface area contributed by atoms with E-state index >= 15 is 0 Å². The molecule has 0 N–H and O–H groups in total. The van der Waals surface area contributed by atoms with Crippen LogP contribution in [0.4, 0.5) is 0 Å². The number of hydrogen-bond donors (Lipinski definition) is 0. The van der Waals surface area contributed by atoms with Gasteiger partial charge in [0.15, 0.2) is 5.78 Å². The van der Waals surface area contributed by atoms with E-state index in [0.717, 1.165) is 6.42 Å². The lowest BCUT2D eigenvalue weighted by Crippen LogP contribution is -2.13. The molecular formula is C18H19ClO3. The molecule has 2 aromatic carbocycles. The molecule has 0 bridgehead atoms. The van der Waals surface area contributed by atoms with Crippen LogP contribution in [-0.2, 0) is 0 Å². The van der Waals surface area contributed by atoms with Gasteiger partial charge in [0, 0.05) is 0 Å². The fourth-order valence-corrected chi connectivity index (χ4v) is 2.06. The number of ether oxygens (including phenoxy) is 2. The number of para-hydroxylation sites is 1. The van der Waals surface area contributed by atoms with Crippen molar-refractivity contribution in [1.82, 2.24) is 0 Å². The summed E-state index contributed by atoms with van der Waals surface area (Å²) in [6, 6.07) is 14.6. The van der Waals surface area contributed by atoms with Crippen LogP contribution >= 0.6 is 11.6 Å². The van der Waals surface area contributed by atoms with E-state index in [1.54, 1.807) is 25.1 Å². The third-order valence-electron chi connectivity index (χ3n) is 3.02. The highest BCUT2D eigenvalue weighted by Crippen LogP contribution is 2.29. The Morgan fingerprint density at radius 2 is 1.86 bits per heavy atom. The van der Waals surface area contributed by atoms with Crippen LogP contribution in [0.15, 0.2) is 48.5 Å². The maximum absolute atomic E-state index is 12.3. The predicted octanol–water partition coefficient (Wildman–Crippen LogP) is 5.08. The highest BCUT2D eigenvalue weighted by Gasteiger charge is 2.18. The summed E-state index contributed by atoms with van der Waals surface area (Å²) < 4.78 is 11.4. The van der Waals surface area contributed by atoms with Crippen molar-refractivity contribution in [3.63, 3.8) is 0 Å². The lowest BCUT2D eigenvalue weighted by atomic mass is 10.1. The third-order valence-corrected chi connectivity index (χ3v) is 3.22. The zero-order valence-electron chi connectivity index (χ0n) is 12.7. The van der Waals surface area contributed by atoms with Crippen LogP contribution in [0, 0.1) is 0 Å². The van der Waals surface area contributed by atoms with Crippen molar-refractivity contribution in [1.29, 1.82) is 0 Å². The molecular weight excluding hydrogens is 300 g/mol. The van der Waals surface area contributed by atoms with Crippen molar-refractivity contribution in [2.45, 2.75) is 25.6 Å². The Morgan fingerprint density at radius 1 is 1.14 bits per heavy atom. The second kappa shape index (κ2) is 7.85. The summed E-state index contributed by atoms with van der Waals surface area (Å²) in [5.41, 5.74) is 0.449. The van der Waals surface area contributed by atoms with Crippen LogP contribution in [0.3, 0.4) is 0 Å². The molecule has 0 saturated heterocycles. The molecule has 22 heavy (non-hydrogen) atoms. The quantitative estimate of drug-likeness (QED) is 0.527. The average Bonchev–Trinajstić information content (AvgIpc) is 2.53. The summed E-state index contributed by atoms with van der Waals surface area (Å²) in [6.45, 7) is 4.21. The molecule has 0 aliphatic rings. The van der Waals surface area contributed by atoms with Crippen molar-refractivity contribution in [2.75, 3.05) is 6.61 Å². The fourth-order valence-electron chi connectivity index (χ4n) is 1.94. The molecule has 116 valence electrons. The van der Waals surface area contributed by atoms with Gasteiger partial charge in [-0.2, -0.15) is 0 Å². The Hall–Kier alpha value is -2.00. The molecule has 0 fully saturated rings. The third kappa shape index (κ3) is 4.25. The number of benzene rings is 2. The minimum Gasteiger partial charge on any atom is -0.493 e. The number of rotatable bonds is 7. The summed E-state index contributed by atoms with van der Waals surface area (Å²) in [4.78, 5) is 12.3. The van der Waals surface area contributed by atoms with Crippen LogP contribution in [0.5, 0.6) is 17.2 Å². The fraction of sp³-hybridized carbons (Fsp3) is 0.278. The van der Waals surface area contributed by atoms with Crippen molar-refractivity contribution >= 4 is 17.4 Å². The van der Waals surface area contributed by atoms with Crippen LogP contribution < -0.4 is 9.47 Å². The van der Waals surface area contributed by atoms with Gasteiger partial charge in [0.05, 0.1) is 17.5 Å². The van der Waals surface area contributed by atoms with Gasteiger partial charge < -0.3 is 9.47 Å². The van der Waals surface area contributed by atoms with Crippen molar-refractivity contribution in [2.24, 2.45) is 0 Å². The predicted molar refractivity (Wildman–Crippen MR) is 88.4 cm³/mol. The molecule has 0 aliphatic carbocycles. The van der Waals surface area contributed by atoms with E-state index in [2.05, 4.69) is 0 Å². The monoisotopic (exact) mass is 318 g/mol. The van der Waals surface area contributed by atoms with E-state index < -0.39 is 5.38 Å². The van der Waals surface area contributed by atoms with Gasteiger partial charge in [-0.3, -0.25) is 4.79 Å². The van der Waals surface area contributed by atoms with E-state index in [9.17, 15) is 4.79 Å². The molecule has 0 saturated carbocycles. The summed E-state index contributed by atoms with van der Waals surface area (Å²) >= 11 is 5.94. The van der Waals surface area contributed by atoms with Crippen molar-refractivity contribution in [3.8, 4) is 17.2 Å². The molecule has 1 unspecified atom stereocenters. The Morgan fingerprint density at radius 3 is 2.50 bits per heavy atom. The van der Waals surface area contributed by atoms with Gasteiger partial charge in [-0.25, -0.2) is 0 Å². The van der Waals surface area contributed by atoms with E-state index in [-0.39, 0.29) is 5.78 Å². The lowest BCUT2D eigenvalue weighted by Gasteiger charge is -2.13. The molecule has 0 spiro atoms. The van der Waals surface area contributed by atoms with Crippen molar-refractivity contribution in [3.05, 3.63) is 54.1 Å². The molecule has 1 atom stereocenters. The standard InChI is InChI=1S/C18H19ClO3/c1-3-11-21-17-10-9-15(12-16(17)18(20)13(2)19)22-14-7-5-4-6-8-14/h4-10,12-13H,3,11H2,1-2H3. The average molecular weight is 319 g/mol. The van der Waals surface area contributed by atoms with E-state index in [1.165, 1.54) is 0 Å². The number of carbonyl (C=O) groups is 1. The van der Waals surface area contributed by atoms with Gasteiger partial charge in [0.2, 0.25) is 0 Å². The summed E-state index contributed by atoms with van der Waals surface area (Å²) in [5.74, 6) is 1.66. The molecule has 0 aromatic heterocycles. The summed E-state index contributed by atoms with van der Waals surface area (Å²) in [6.07, 6.45) is 0.867. The molecule has 0 heterocycles. The van der Waals surface area contributed by atoms with Gasteiger partial charge in [-0.15, -0.1) is 11.6 Å². The normalized spacial score (nSPS) is 11.8. The second-order valence-corrected chi connectivity index (χ2v) is 5.56. The number of Topliss-reactive ketones (excluding diaryl/α,β-unsaturated/α-hetero) is 1. The molecule has 2 aromatic rings. The molecule has 3 nitrogen and oxygen atoms in total. The van der Waals surface area contributed by atoms with Crippen molar-refractivity contribution < 1.29 is 14.3 Å². The number of hydrogen-bond acceptors (Lipinski definition) is 3. The highest BCUT2D eigenvalue weighted by molar-refractivity contribution is 6.34. The van der Waals surface area contributed by atoms with Gasteiger partial charge in [-0.1, -0.05) is 25.1 Å². The first kappa shape index (κ1) is 16.4. The Bertz CT molecular complexity index is 623. The zero-order valence-corrected chi connectivity index (χ0v) is 13.5. The van der Waals surface area contributed by atoms with Crippen LogP contribution in [0.25, 0.3) is 0 Å². The first-order valence-electron chi connectivity index (χ1n) is 7.30. The zero-order chi connectivity index (χ0) is 15.9. The SMILES string of the molecule is CCCOc1ccc(Oc2ccccc2)cc1C(=O)C(C)Cl. The largest absolute Gasteiger partial charge is 0.493 e. The van der Waals surface area contributed by atoms with Crippen LogP contribution in [-0.4, -0.2) is 17.8 Å². The molecule has 2 rings (SSSR count). The number of alkyl halides is 1. The minimum absolute atomic E-state index is 0.175. The van der Waals surface area contributed by atoms with E-state index in [1.807, 2.05) is 37.3 Å². The first-order valence-corrected chi connectivity index (χ1v) is 7.73. The summed E-state index contributed by atoms with van der Waals surface area (Å²) in [5, 5.41) is -0.615. The topological polar surface area (TPSA) is 35.5 Å². The molecule has 0 aliphatic heterocycles.